The lowest BCUT2D eigenvalue weighted by Crippen LogP contribution is -2.32. The van der Waals surface area contributed by atoms with Gasteiger partial charge in [0, 0.05) is 49.0 Å². The third-order valence-corrected chi connectivity index (χ3v) is 6.34. The molecular formula is C24H32N2O4. The van der Waals surface area contributed by atoms with E-state index in [-0.39, 0.29) is 23.8 Å². The number of hydrogen-bond donors (Lipinski definition) is 2. The van der Waals surface area contributed by atoms with Crippen LogP contribution in [0.2, 0.25) is 0 Å². The average molecular weight is 413 g/mol. The molecule has 0 aliphatic carbocycles. The maximum absolute atomic E-state index is 12.9. The summed E-state index contributed by atoms with van der Waals surface area (Å²) < 4.78 is 7.87. The molecule has 0 amide bonds. The molecule has 1 aromatic heterocycles. The van der Waals surface area contributed by atoms with Gasteiger partial charge in [-0.05, 0) is 56.5 Å². The smallest absolute Gasteiger partial charge is 0.186 e. The molecular weight excluding hydrogens is 380 g/mol. The minimum absolute atomic E-state index is 0.0552. The molecule has 3 heterocycles. The number of phenols is 1. The third kappa shape index (κ3) is 4.25. The summed E-state index contributed by atoms with van der Waals surface area (Å²) in [4.78, 5) is 15.3. The predicted molar refractivity (Wildman–Crippen MR) is 117 cm³/mol. The Balaban J connectivity index is 1.68. The molecule has 6 heteroatoms. The molecule has 1 saturated heterocycles. The van der Waals surface area contributed by atoms with E-state index in [1.165, 1.54) is 19.3 Å². The SMILES string of the molecule is CCC1Cc2cc(OCCCO)c(O)cc2-c2cc(=O)c(CN3CCCCC3)cn21. The number of hydrogen-bond acceptors (Lipinski definition) is 5. The van der Waals surface area contributed by atoms with Crippen LogP contribution in [0.25, 0.3) is 11.3 Å². The zero-order valence-corrected chi connectivity index (χ0v) is 17.8. The van der Waals surface area contributed by atoms with Crippen LogP contribution in [0.4, 0.5) is 0 Å². The second kappa shape index (κ2) is 9.23. The van der Waals surface area contributed by atoms with Crippen molar-refractivity contribution in [3.63, 3.8) is 0 Å². The number of pyridine rings is 1. The lowest BCUT2D eigenvalue weighted by Gasteiger charge is -2.32. The lowest BCUT2D eigenvalue weighted by atomic mass is 9.90. The Bertz CT molecular complexity index is 947. The number of likely N-dealkylation sites (tertiary alicyclic amines) is 1. The molecule has 0 saturated carbocycles. The summed E-state index contributed by atoms with van der Waals surface area (Å²) in [5.74, 6) is 0.507. The van der Waals surface area contributed by atoms with Crippen molar-refractivity contribution in [3.05, 3.63) is 45.7 Å². The summed E-state index contributed by atoms with van der Waals surface area (Å²) in [5, 5.41) is 19.4. The molecule has 6 nitrogen and oxygen atoms in total. The number of rotatable bonds is 7. The summed E-state index contributed by atoms with van der Waals surface area (Å²) in [5.41, 5.74) is 3.77. The quantitative estimate of drug-likeness (QED) is 0.681. The number of fused-ring (bicyclic) bond motifs is 3. The van der Waals surface area contributed by atoms with Crippen molar-refractivity contribution in [2.75, 3.05) is 26.3 Å². The number of aliphatic hydroxyl groups is 1. The van der Waals surface area contributed by atoms with Crippen molar-refractivity contribution >= 4 is 0 Å². The fourth-order valence-electron chi connectivity index (χ4n) is 4.66. The topological polar surface area (TPSA) is 74.9 Å². The van der Waals surface area contributed by atoms with Gasteiger partial charge in [-0.3, -0.25) is 9.69 Å². The summed E-state index contributed by atoms with van der Waals surface area (Å²) in [6.45, 7) is 5.42. The van der Waals surface area contributed by atoms with E-state index in [1.807, 2.05) is 12.3 Å². The molecule has 0 spiro atoms. The monoisotopic (exact) mass is 412 g/mol. The van der Waals surface area contributed by atoms with Crippen molar-refractivity contribution in [2.24, 2.45) is 0 Å². The van der Waals surface area contributed by atoms with Crippen LogP contribution in [0.3, 0.4) is 0 Å². The molecule has 1 atom stereocenters. The van der Waals surface area contributed by atoms with Crippen LogP contribution in [-0.4, -0.2) is 46.0 Å². The van der Waals surface area contributed by atoms with Crippen LogP contribution in [0, 0.1) is 0 Å². The van der Waals surface area contributed by atoms with E-state index in [0.717, 1.165) is 48.3 Å². The number of benzene rings is 1. The Morgan fingerprint density at radius 2 is 1.97 bits per heavy atom. The first-order chi connectivity index (χ1) is 14.6. The van der Waals surface area contributed by atoms with Gasteiger partial charge in [-0.15, -0.1) is 0 Å². The first-order valence-electron chi connectivity index (χ1n) is 11.2. The molecule has 2 N–H and O–H groups in total. The van der Waals surface area contributed by atoms with E-state index in [0.29, 0.717) is 25.3 Å². The number of aromatic nitrogens is 1. The second-order valence-electron chi connectivity index (χ2n) is 8.46. The second-order valence-corrected chi connectivity index (χ2v) is 8.46. The number of ether oxygens (including phenoxy) is 1. The standard InChI is InChI=1S/C24H32N2O4/c1-2-19-11-17-12-24(30-10-6-9-27)23(29)13-20(17)21-14-22(28)18(16-26(19)21)15-25-7-4-3-5-8-25/h12-14,16,19,27,29H,2-11,15H2,1H3. The summed E-state index contributed by atoms with van der Waals surface area (Å²) in [6.07, 6.45) is 8.06. The van der Waals surface area contributed by atoms with Crippen molar-refractivity contribution in [1.82, 2.24) is 9.47 Å². The highest BCUT2D eigenvalue weighted by atomic mass is 16.5. The van der Waals surface area contributed by atoms with Gasteiger partial charge in [0.2, 0.25) is 0 Å². The fourth-order valence-corrected chi connectivity index (χ4v) is 4.66. The average Bonchev–Trinajstić information content (AvgIpc) is 2.75. The largest absolute Gasteiger partial charge is 0.504 e. The number of aromatic hydroxyl groups is 1. The molecule has 2 aliphatic rings. The van der Waals surface area contributed by atoms with E-state index >= 15 is 0 Å². The van der Waals surface area contributed by atoms with Crippen LogP contribution < -0.4 is 10.2 Å². The zero-order chi connectivity index (χ0) is 21.1. The molecule has 0 bridgehead atoms. The number of aliphatic hydroxyl groups excluding tert-OH is 1. The predicted octanol–water partition coefficient (Wildman–Crippen LogP) is 3.48. The highest BCUT2D eigenvalue weighted by Crippen LogP contribution is 2.41. The third-order valence-electron chi connectivity index (χ3n) is 6.34. The number of phenolic OH excluding ortho intramolecular Hbond substituents is 1. The van der Waals surface area contributed by atoms with Gasteiger partial charge in [0.25, 0.3) is 0 Å². The van der Waals surface area contributed by atoms with Gasteiger partial charge in [-0.2, -0.15) is 0 Å². The van der Waals surface area contributed by atoms with Gasteiger partial charge in [-0.25, -0.2) is 0 Å². The van der Waals surface area contributed by atoms with Crippen LogP contribution >= 0.6 is 0 Å². The lowest BCUT2D eigenvalue weighted by molar-refractivity contribution is 0.219. The zero-order valence-electron chi connectivity index (χ0n) is 17.8. The van der Waals surface area contributed by atoms with Crippen molar-refractivity contribution in [2.45, 2.75) is 58.0 Å². The van der Waals surface area contributed by atoms with E-state index in [1.54, 1.807) is 12.1 Å². The first kappa shape index (κ1) is 20.9. The van der Waals surface area contributed by atoms with E-state index in [2.05, 4.69) is 16.4 Å². The van der Waals surface area contributed by atoms with E-state index in [9.17, 15) is 9.90 Å². The highest BCUT2D eigenvalue weighted by Gasteiger charge is 2.26. The van der Waals surface area contributed by atoms with Crippen molar-refractivity contribution in [1.29, 1.82) is 0 Å². The molecule has 162 valence electrons. The molecule has 1 aromatic carbocycles. The van der Waals surface area contributed by atoms with Gasteiger partial charge in [0.05, 0.1) is 12.3 Å². The molecule has 30 heavy (non-hydrogen) atoms. The van der Waals surface area contributed by atoms with Crippen LogP contribution in [-0.2, 0) is 13.0 Å². The Morgan fingerprint density at radius 3 is 2.70 bits per heavy atom. The summed E-state index contributed by atoms with van der Waals surface area (Å²) in [7, 11) is 0. The first-order valence-corrected chi connectivity index (χ1v) is 11.2. The minimum Gasteiger partial charge on any atom is -0.504 e. The van der Waals surface area contributed by atoms with Crippen LogP contribution in [0.5, 0.6) is 11.5 Å². The van der Waals surface area contributed by atoms with Crippen molar-refractivity contribution < 1.29 is 14.9 Å². The van der Waals surface area contributed by atoms with E-state index < -0.39 is 0 Å². The van der Waals surface area contributed by atoms with Gasteiger partial charge in [-0.1, -0.05) is 13.3 Å². The Labute approximate surface area is 177 Å². The van der Waals surface area contributed by atoms with Gasteiger partial charge < -0.3 is 19.5 Å². The van der Waals surface area contributed by atoms with Gasteiger partial charge in [0.1, 0.15) is 0 Å². The molecule has 1 fully saturated rings. The van der Waals surface area contributed by atoms with Crippen LogP contribution in [0.1, 0.15) is 56.2 Å². The minimum atomic E-state index is 0.0552. The number of nitrogens with zero attached hydrogens (tertiary/aromatic N) is 2. The normalized spacial score (nSPS) is 18.7. The Morgan fingerprint density at radius 1 is 1.17 bits per heavy atom. The maximum Gasteiger partial charge on any atom is 0.186 e. The maximum atomic E-state index is 12.9. The highest BCUT2D eigenvalue weighted by molar-refractivity contribution is 5.70. The summed E-state index contributed by atoms with van der Waals surface area (Å²) in [6, 6.07) is 5.61. The fraction of sp³-hybridized carbons (Fsp3) is 0.542. The van der Waals surface area contributed by atoms with Crippen LogP contribution in [0.15, 0.2) is 29.2 Å². The van der Waals surface area contributed by atoms with Gasteiger partial charge in [0.15, 0.2) is 16.9 Å². The Kier molecular flexibility index (Phi) is 6.44. The molecule has 2 aliphatic heterocycles. The molecule has 2 aromatic rings. The molecule has 0 radical (unpaired) electrons. The number of piperidine rings is 1. The molecule has 4 rings (SSSR count). The van der Waals surface area contributed by atoms with Crippen molar-refractivity contribution in [3.8, 4) is 22.8 Å². The summed E-state index contributed by atoms with van der Waals surface area (Å²) >= 11 is 0. The Hall–Kier alpha value is -2.31. The van der Waals surface area contributed by atoms with Gasteiger partial charge >= 0.3 is 0 Å². The molecule has 1 unspecified atom stereocenters. The van der Waals surface area contributed by atoms with E-state index in [4.69, 9.17) is 9.84 Å².